The number of para-hydroxylation sites is 1. The van der Waals surface area contributed by atoms with Gasteiger partial charge in [-0.05, 0) is 111 Å². The molecule has 288 valence electrons. The lowest BCUT2D eigenvalue weighted by Crippen LogP contribution is -2.31. The summed E-state index contributed by atoms with van der Waals surface area (Å²) >= 11 is 0. The summed E-state index contributed by atoms with van der Waals surface area (Å²) in [6, 6.07) is 92.7. The molecule has 0 spiro atoms. The highest BCUT2D eigenvalue weighted by molar-refractivity contribution is 6.13. The molecular formula is C59H42N2. The fraction of sp³-hybridized carbons (Fsp3) is 0.0169. The van der Waals surface area contributed by atoms with Gasteiger partial charge in [-0.2, -0.15) is 0 Å². The van der Waals surface area contributed by atoms with Gasteiger partial charge in [0.25, 0.3) is 0 Å². The van der Waals surface area contributed by atoms with E-state index in [1.54, 1.807) is 0 Å². The summed E-state index contributed by atoms with van der Waals surface area (Å²) in [6.07, 6.45) is 0. The van der Waals surface area contributed by atoms with Crippen molar-refractivity contribution in [2.75, 3.05) is 4.90 Å². The van der Waals surface area contributed by atoms with Crippen molar-refractivity contribution >= 4 is 49.6 Å². The smallest absolute Gasteiger partial charge is 0.0701 e. The average molecular weight is 779 g/mol. The Balaban J connectivity index is 1.07. The predicted molar refractivity (Wildman–Crippen MR) is 257 cm³/mol. The van der Waals surface area contributed by atoms with E-state index in [0.717, 1.165) is 22.7 Å². The summed E-state index contributed by atoms with van der Waals surface area (Å²) in [5.74, 6) is 0. The molecule has 0 aliphatic heterocycles. The summed E-state index contributed by atoms with van der Waals surface area (Å²) in [4.78, 5) is 2.38. The molecule has 0 saturated carbocycles. The Morgan fingerprint density at radius 3 is 1.38 bits per heavy atom. The van der Waals surface area contributed by atoms with Gasteiger partial charge in [0, 0.05) is 33.5 Å². The summed E-state index contributed by atoms with van der Waals surface area (Å²) in [5.41, 5.74) is 13.5. The Kier molecular flexibility index (Phi) is 9.09. The number of hydrogen-bond donors (Lipinski definition) is 0. The fourth-order valence-corrected chi connectivity index (χ4v) is 9.51. The number of hydrogen-bond acceptors (Lipinski definition) is 1. The maximum Gasteiger partial charge on any atom is 0.0701 e. The van der Waals surface area contributed by atoms with Gasteiger partial charge in [0.15, 0.2) is 0 Å². The third kappa shape index (κ3) is 6.29. The molecular weight excluding hydrogens is 737 g/mol. The molecule has 0 fully saturated rings. The van der Waals surface area contributed by atoms with Crippen LogP contribution < -0.4 is 4.90 Å². The van der Waals surface area contributed by atoms with Gasteiger partial charge in [-0.3, -0.25) is 0 Å². The zero-order chi connectivity index (χ0) is 40.6. The molecule has 2 heteroatoms. The fourth-order valence-electron chi connectivity index (χ4n) is 9.51. The lowest BCUT2D eigenvalue weighted by molar-refractivity contribution is 0.745. The first kappa shape index (κ1) is 36.2. The molecule has 0 aliphatic carbocycles. The van der Waals surface area contributed by atoms with Crippen LogP contribution in [0.2, 0.25) is 0 Å². The Bertz CT molecular complexity index is 3170. The van der Waals surface area contributed by atoms with Gasteiger partial charge in [0.1, 0.15) is 0 Å². The van der Waals surface area contributed by atoms with Crippen molar-refractivity contribution in [1.82, 2.24) is 4.57 Å². The molecule has 10 aromatic carbocycles. The number of rotatable bonds is 9. The van der Waals surface area contributed by atoms with Crippen LogP contribution in [0.4, 0.5) is 17.1 Å². The third-order valence-electron chi connectivity index (χ3n) is 12.3. The van der Waals surface area contributed by atoms with E-state index in [9.17, 15) is 0 Å². The highest BCUT2D eigenvalue weighted by Gasteiger charge is 2.38. The highest BCUT2D eigenvalue weighted by atomic mass is 15.1. The summed E-state index contributed by atoms with van der Waals surface area (Å²) in [7, 11) is 0. The molecule has 0 radical (unpaired) electrons. The van der Waals surface area contributed by atoms with Gasteiger partial charge < -0.3 is 9.47 Å². The van der Waals surface area contributed by atoms with Crippen molar-refractivity contribution in [3.05, 3.63) is 277 Å². The van der Waals surface area contributed by atoms with Crippen molar-refractivity contribution in [3.8, 4) is 16.8 Å². The maximum absolute atomic E-state index is 2.41. The minimum Gasteiger partial charge on any atom is -0.310 e. The second-order valence-electron chi connectivity index (χ2n) is 15.7. The topological polar surface area (TPSA) is 8.17 Å². The van der Waals surface area contributed by atoms with Crippen LogP contribution in [0.15, 0.2) is 255 Å². The molecule has 0 unspecified atom stereocenters. The van der Waals surface area contributed by atoms with E-state index in [4.69, 9.17) is 0 Å². The van der Waals surface area contributed by atoms with Gasteiger partial charge in [0.2, 0.25) is 0 Å². The van der Waals surface area contributed by atoms with Crippen LogP contribution in [0, 0.1) is 0 Å². The molecule has 0 N–H and O–H groups in total. The third-order valence-corrected chi connectivity index (χ3v) is 12.3. The standard InChI is InChI=1S/C59H42N2/c1-5-18-43(19-6-1)44-22-17-29-54(40-44)60(52-36-38-53(39-37-52)61-57-31-16-15-30-55(57)56-41-45-20-13-14-21-46(45)42-58(56)61)51-34-32-50(33-35-51)59(47-23-7-2-8-24-47,48-25-9-3-10-26-48)49-27-11-4-12-28-49/h1-42H. The van der Waals surface area contributed by atoms with E-state index < -0.39 is 5.41 Å². The number of aromatic nitrogens is 1. The van der Waals surface area contributed by atoms with E-state index in [1.807, 2.05) is 0 Å². The van der Waals surface area contributed by atoms with Crippen molar-refractivity contribution in [2.45, 2.75) is 5.41 Å². The number of benzene rings is 10. The van der Waals surface area contributed by atoms with Gasteiger partial charge in [0.05, 0.1) is 16.4 Å². The largest absolute Gasteiger partial charge is 0.310 e. The first-order valence-corrected chi connectivity index (χ1v) is 21.0. The molecule has 0 aliphatic rings. The van der Waals surface area contributed by atoms with E-state index >= 15 is 0 Å². The zero-order valence-electron chi connectivity index (χ0n) is 33.6. The number of nitrogens with zero attached hydrogens (tertiary/aromatic N) is 2. The second-order valence-corrected chi connectivity index (χ2v) is 15.7. The van der Waals surface area contributed by atoms with E-state index in [-0.39, 0.29) is 0 Å². The Morgan fingerprint density at radius 2 is 0.770 bits per heavy atom. The zero-order valence-corrected chi connectivity index (χ0v) is 33.6. The molecule has 0 bridgehead atoms. The Morgan fingerprint density at radius 1 is 0.295 bits per heavy atom. The van der Waals surface area contributed by atoms with E-state index in [2.05, 4.69) is 264 Å². The highest BCUT2D eigenvalue weighted by Crippen LogP contribution is 2.46. The van der Waals surface area contributed by atoms with Crippen LogP contribution in [-0.2, 0) is 5.41 Å². The van der Waals surface area contributed by atoms with Crippen molar-refractivity contribution < 1.29 is 0 Å². The van der Waals surface area contributed by atoms with Crippen LogP contribution in [0.1, 0.15) is 22.3 Å². The molecule has 1 heterocycles. The average Bonchev–Trinajstić information content (AvgIpc) is 3.66. The molecule has 0 amide bonds. The van der Waals surface area contributed by atoms with Crippen LogP contribution in [-0.4, -0.2) is 4.57 Å². The SMILES string of the molecule is c1ccc(-c2cccc(N(c3ccc(-n4c5ccccc5c5cc6ccccc6cc54)cc3)c3ccc(C(c4ccccc4)(c4ccccc4)c4ccccc4)cc3)c2)cc1. The summed E-state index contributed by atoms with van der Waals surface area (Å²) in [5, 5.41) is 5.00. The molecule has 1 aromatic heterocycles. The monoisotopic (exact) mass is 778 g/mol. The molecule has 2 nitrogen and oxygen atoms in total. The molecule has 0 atom stereocenters. The first-order valence-electron chi connectivity index (χ1n) is 21.0. The molecule has 11 rings (SSSR count). The first-order chi connectivity index (χ1) is 30.3. The van der Waals surface area contributed by atoms with Gasteiger partial charge >= 0.3 is 0 Å². The van der Waals surface area contributed by atoms with Crippen molar-refractivity contribution in [2.24, 2.45) is 0 Å². The van der Waals surface area contributed by atoms with Crippen molar-refractivity contribution in [3.63, 3.8) is 0 Å². The summed E-state index contributed by atoms with van der Waals surface area (Å²) < 4.78 is 2.41. The lowest BCUT2D eigenvalue weighted by Gasteiger charge is -2.37. The van der Waals surface area contributed by atoms with Crippen molar-refractivity contribution in [1.29, 1.82) is 0 Å². The van der Waals surface area contributed by atoms with E-state index in [1.165, 1.54) is 66.0 Å². The van der Waals surface area contributed by atoms with Crippen LogP contribution in [0.25, 0.3) is 49.4 Å². The minimum atomic E-state index is -0.532. The minimum absolute atomic E-state index is 0.532. The quantitative estimate of drug-likeness (QED) is 0.133. The van der Waals surface area contributed by atoms with Crippen LogP contribution in [0.3, 0.4) is 0 Å². The Hall–Kier alpha value is -7.94. The number of anilines is 3. The van der Waals surface area contributed by atoms with Crippen LogP contribution >= 0.6 is 0 Å². The summed E-state index contributed by atoms with van der Waals surface area (Å²) in [6.45, 7) is 0. The van der Waals surface area contributed by atoms with Gasteiger partial charge in [-0.1, -0.05) is 188 Å². The predicted octanol–water partition coefficient (Wildman–Crippen LogP) is 15.5. The van der Waals surface area contributed by atoms with Gasteiger partial charge in [-0.15, -0.1) is 0 Å². The second kappa shape index (κ2) is 15.3. The van der Waals surface area contributed by atoms with E-state index in [0.29, 0.717) is 0 Å². The molecule has 11 aromatic rings. The Labute approximate surface area is 356 Å². The van der Waals surface area contributed by atoms with Gasteiger partial charge in [-0.25, -0.2) is 0 Å². The molecule has 61 heavy (non-hydrogen) atoms. The van der Waals surface area contributed by atoms with Crippen LogP contribution in [0.5, 0.6) is 0 Å². The lowest BCUT2D eigenvalue weighted by atomic mass is 9.65. The normalized spacial score (nSPS) is 11.6. The molecule has 0 saturated heterocycles. The maximum atomic E-state index is 2.41. The number of fused-ring (bicyclic) bond motifs is 4.